The molecular weight excluding hydrogens is 518 g/mol. The molecule has 3 atom stereocenters. The van der Waals surface area contributed by atoms with E-state index in [2.05, 4.69) is 10.3 Å². The molecule has 2 aromatic heterocycles. The minimum absolute atomic E-state index is 0.0818. The Kier molecular flexibility index (Phi) is 5.91. The molecule has 0 spiro atoms. The van der Waals surface area contributed by atoms with Crippen LogP contribution in [0.25, 0.3) is 22.3 Å². The van der Waals surface area contributed by atoms with Crippen LogP contribution < -0.4 is 15.8 Å². The number of nitrogens with one attached hydrogen (secondary N) is 1. The van der Waals surface area contributed by atoms with Gasteiger partial charge in [-0.05, 0) is 74.2 Å². The number of aromatic carboxylic acids is 1. The van der Waals surface area contributed by atoms with Crippen LogP contribution in [0.5, 0.6) is 0 Å². The Hall–Kier alpha value is -4.24. The number of aromatic nitrogens is 3. The largest absolute Gasteiger partial charge is 0.476 e. The number of carboxylic acid groups (broad SMARTS) is 1. The smallest absolute Gasteiger partial charge is 0.356 e. The molecule has 0 bridgehead atoms. The van der Waals surface area contributed by atoms with Gasteiger partial charge in [-0.1, -0.05) is 17.7 Å². The third-order valence-corrected chi connectivity index (χ3v) is 7.83. The summed E-state index contributed by atoms with van der Waals surface area (Å²) in [6.45, 7) is 4.54. The number of carboxylic acids is 1. The van der Waals surface area contributed by atoms with Crippen LogP contribution in [0.3, 0.4) is 0 Å². The summed E-state index contributed by atoms with van der Waals surface area (Å²) in [5, 5.41) is 13.4. The fourth-order valence-corrected chi connectivity index (χ4v) is 5.61. The van der Waals surface area contributed by atoms with E-state index in [1.165, 1.54) is 10.6 Å². The number of fused-ring (bicyclic) bond motifs is 2. The second-order valence-electron chi connectivity index (χ2n) is 10.3. The van der Waals surface area contributed by atoms with Crippen LogP contribution in [0.15, 0.2) is 53.3 Å². The van der Waals surface area contributed by atoms with E-state index >= 15 is 0 Å². The summed E-state index contributed by atoms with van der Waals surface area (Å²) >= 11 is 5.91. The lowest BCUT2D eigenvalue weighted by atomic mass is 10.0. The third-order valence-electron chi connectivity index (χ3n) is 7.62. The quantitative estimate of drug-likeness (QED) is 0.335. The maximum absolute atomic E-state index is 13.5. The van der Waals surface area contributed by atoms with Crippen LogP contribution in [-0.4, -0.2) is 38.1 Å². The number of anilines is 2. The molecule has 0 unspecified atom stereocenters. The highest BCUT2D eigenvalue weighted by atomic mass is 35.5. The van der Waals surface area contributed by atoms with E-state index in [1.807, 2.05) is 55.1 Å². The van der Waals surface area contributed by atoms with E-state index in [1.54, 1.807) is 13.1 Å². The van der Waals surface area contributed by atoms with E-state index in [4.69, 9.17) is 16.6 Å². The van der Waals surface area contributed by atoms with Crippen molar-refractivity contribution in [2.24, 2.45) is 18.9 Å². The van der Waals surface area contributed by atoms with Gasteiger partial charge in [0.2, 0.25) is 5.91 Å². The van der Waals surface area contributed by atoms with Gasteiger partial charge in [-0.2, -0.15) is 0 Å². The molecule has 1 saturated carbocycles. The van der Waals surface area contributed by atoms with Gasteiger partial charge in [0, 0.05) is 36.3 Å². The molecule has 1 aliphatic heterocycles. The predicted molar refractivity (Wildman–Crippen MR) is 149 cm³/mol. The van der Waals surface area contributed by atoms with Crippen molar-refractivity contribution in [1.82, 2.24) is 14.5 Å². The van der Waals surface area contributed by atoms with Gasteiger partial charge in [-0.25, -0.2) is 14.8 Å². The zero-order chi connectivity index (χ0) is 27.6. The summed E-state index contributed by atoms with van der Waals surface area (Å²) in [5.74, 6) is 0.138. The number of piperidine rings is 1. The number of hydrogen-bond acceptors (Lipinski definition) is 6. The SMILES string of the molecule is Cc1cc([C@@H](C)Nc2ccc(Cl)nc2C(=O)O)c2nc(-c3ccc(N4C[C@@H]5C[C@@H]5C4=O)cc3)n(C)c(=O)c2c1. The molecule has 39 heavy (non-hydrogen) atoms. The molecule has 198 valence electrons. The summed E-state index contributed by atoms with van der Waals surface area (Å²) in [4.78, 5) is 48.4. The Morgan fingerprint density at radius 1 is 1.13 bits per heavy atom. The van der Waals surface area contributed by atoms with Crippen LogP contribution in [0.1, 0.15) is 41.0 Å². The number of benzene rings is 2. The standard InChI is InChI=1S/C29H26ClN5O4/c1-14-10-19(15(2)31-22-8-9-23(30)32-25(22)29(38)39)24-21(11-14)27(36)34(3)26(33-24)16-4-6-18(7-5-16)35-13-17-12-20(17)28(35)37/h4-11,15,17,20,31H,12-13H2,1-3H3,(H,38,39)/t15-,17+,20+/m1/s1. The predicted octanol–water partition coefficient (Wildman–Crippen LogP) is 4.81. The number of halogens is 1. The average molecular weight is 544 g/mol. The van der Waals surface area contributed by atoms with Gasteiger partial charge in [0.1, 0.15) is 11.0 Å². The number of pyridine rings is 1. The molecule has 1 aliphatic carbocycles. The van der Waals surface area contributed by atoms with Gasteiger partial charge in [-0.15, -0.1) is 0 Å². The Labute approximate surface area is 229 Å². The van der Waals surface area contributed by atoms with Crippen molar-refractivity contribution >= 4 is 45.8 Å². The zero-order valence-corrected chi connectivity index (χ0v) is 22.4. The lowest BCUT2D eigenvalue weighted by Crippen LogP contribution is -2.27. The van der Waals surface area contributed by atoms with E-state index in [9.17, 15) is 19.5 Å². The number of carbonyl (C=O) groups is 2. The average Bonchev–Trinajstić information content (AvgIpc) is 3.62. The van der Waals surface area contributed by atoms with E-state index in [-0.39, 0.29) is 28.2 Å². The Morgan fingerprint density at radius 2 is 1.87 bits per heavy atom. The molecule has 2 fully saturated rings. The molecule has 6 rings (SSSR count). The maximum atomic E-state index is 13.5. The molecule has 9 nitrogen and oxygen atoms in total. The summed E-state index contributed by atoms with van der Waals surface area (Å²) in [7, 11) is 1.69. The first-order valence-electron chi connectivity index (χ1n) is 12.7. The fraction of sp³-hybridized carbons (Fsp3) is 0.276. The zero-order valence-electron chi connectivity index (χ0n) is 21.6. The summed E-state index contributed by atoms with van der Waals surface area (Å²) in [5.41, 5.74) is 3.67. The van der Waals surface area contributed by atoms with Gasteiger partial charge in [0.25, 0.3) is 5.56 Å². The number of rotatable bonds is 6. The van der Waals surface area contributed by atoms with Crippen LogP contribution in [-0.2, 0) is 11.8 Å². The Bertz CT molecular complexity index is 1730. The van der Waals surface area contributed by atoms with Gasteiger partial charge >= 0.3 is 5.97 Å². The van der Waals surface area contributed by atoms with Gasteiger partial charge in [-0.3, -0.25) is 14.2 Å². The fourth-order valence-electron chi connectivity index (χ4n) is 5.47. The van der Waals surface area contributed by atoms with Crippen molar-refractivity contribution < 1.29 is 14.7 Å². The second-order valence-corrected chi connectivity index (χ2v) is 10.7. The summed E-state index contributed by atoms with van der Waals surface area (Å²) in [6, 6.07) is 14.0. The highest BCUT2D eigenvalue weighted by molar-refractivity contribution is 6.29. The first-order chi connectivity index (χ1) is 18.6. The molecule has 2 aromatic carbocycles. The molecule has 2 N–H and O–H groups in total. The van der Waals surface area contributed by atoms with E-state index < -0.39 is 12.0 Å². The monoisotopic (exact) mass is 543 g/mol. The van der Waals surface area contributed by atoms with Crippen molar-refractivity contribution in [3.05, 3.63) is 80.9 Å². The Morgan fingerprint density at radius 3 is 2.54 bits per heavy atom. The first-order valence-corrected chi connectivity index (χ1v) is 13.1. The third kappa shape index (κ3) is 4.32. The number of carbonyl (C=O) groups excluding carboxylic acids is 1. The number of hydrogen-bond donors (Lipinski definition) is 2. The first kappa shape index (κ1) is 25.1. The second kappa shape index (κ2) is 9.20. The highest BCUT2D eigenvalue weighted by Gasteiger charge is 2.52. The van der Waals surface area contributed by atoms with Crippen molar-refractivity contribution in [2.75, 3.05) is 16.8 Å². The molecule has 10 heteroatoms. The van der Waals surface area contributed by atoms with Crippen molar-refractivity contribution in [2.45, 2.75) is 26.3 Å². The van der Waals surface area contributed by atoms with Crippen molar-refractivity contribution in [3.8, 4) is 11.4 Å². The summed E-state index contributed by atoms with van der Waals surface area (Å²) in [6.07, 6.45) is 0.998. The van der Waals surface area contributed by atoms with Crippen LogP contribution >= 0.6 is 11.6 Å². The van der Waals surface area contributed by atoms with Gasteiger partial charge in [0.15, 0.2) is 5.69 Å². The molecular formula is C29H26ClN5O4. The highest BCUT2D eigenvalue weighted by Crippen LogP contribution is 2.47. The van der Waals surface area contributed by atoms with Gasteiger partial charge < -0.3 is 15.3 Å². The molecule has 3 heterocycles. The summed E-state index contributed by atoms with van der Waals surface area (Å²) < 4.78 is 1.53. The molecule has 0 radical (unpaired) electrons. The Balaban J connectivity index is 1.40. The number of nitrogens with zero attached hydrogens (tertiary/aromatic N) is 4. The lowest BCUT2D eigenvalue weighted by Gasteiger charge is -2.20. The number of amides is 1. The molecule has 4 aromatic rings. The maximum Gasteiger partial charge on any atom is 0.356 e. The minimum atomic E-state index is -1.20. The van der Waals surface area contributed by atoms with Crippen LogP contribution in [0.2, 0.25) is 5.15 Å². The molecule has 2 aliphatic rings. The van der Waals surface area contributed by atoms with Crippen LogP contribution in [0.4, 0.5) is 11.4 Å². The van der Waals surface area contributed by atoms with Gasteiger partial charge in [0.05, 0.1) is 22.6 Å². The lowest BCUT2D eigenvalue weighted by molar-refractivity contribution is -0.118. The molecule has 1 saturated heterocycles. The van der Waals surface area contributed by atoms with Crippen molar-refractivity contribution in [3.63, 3.8) is 0 Å². The normalized spacial score (nSPS) is 18.8. The topological polar surface area (TPSA) is 117 Å². The minimum Gasteiger partial charge on any atom is -0.476 e. The van der Waals surface area contributed by atoms with Crippen LogP contribution in [0, 0.1) is 18.8 Å². The van der Waals surface area contributed by atoms with Crippen molar-refractivity contribution in [1.29, 1.82) is 0 Å². The van der Waals surface area contributed by atoms with E-state index in [0.29, 0.717) is 28.3 Å². The van der Waals surface area contributed by atoms with E-state index in [0.717, 1.165) is 35.3 Å². The molecule has 1 amide bonds. The number of aryl methyl sites for hydroxylation is 1.